The molecule has 27 heavy (non-hydrogen) atoms. The van der Waals surface area contributed by atoms with Gasteiger partial charge in [0.05, 0.1) is 17.4 Å². The van der Waals surface area contributed by atoms with Gasteiger partial charge in [-0.1, -0.05) is 24.3 Å². The van der Waals surface area contributed by atoms with Crippen molar-refractivity contribution in [3.8, 4) is 0 Å². The Hall–Kier alpha value is -3.00. The van der Waals surface area contributed by atoms with Gasteiger partial charge in [0, 0.05) is 11.1 Å². The van der Waals surface area contributed by atoms with E-state index in [0.717, 1.165) is 11.5 Å². The minimum atomic E-state index is -3.38. The highest BCUT2D eigenvalue weighted by molar-refractivity contribution is 7.94. The Morgan fingerprint density at radius 3 is 2.48 bits per heavy atom. The number of carbonyl (C=O) groups is 2. The van der Waals surface area contributed by atoms with Crippen molar-refractivity contribution in [2.75, 3.05) is 17.3 Å². The molecule has 0 saturated carbocycles. The number of sulfone groups is 1. The number of carbonyl (C=O) groups excluding carboxylic acids is 2. The molecule has 6 nitrogen and oxygen atoms in total. The topological polar surface area (TPSA) is 80.8 Å². The summed E-state index contributed by atoms with van der Waals surface area (Å²) >= 11 is 0. The van der Waals surface area contributed by atoms with Crippen molar-refractivity contribution in [2.24, 2.45) is 0 Å². The zero-order valence-corrected chi connectivity index (χ0v) is 14.9. The lowest BCUT2D eigenvalue weighted by molar-refractivity contribution is -0.121. The Morgan fingerprint density at radius 2 is 1.85 bits per heavy atom. The van der Waals surface area contributed by atoms with Crippen LogP contribution in [0.3, 0.4) is 0 Å². The summed E-state index contributed by atoms with van der Waals surface area (Å²) in [5.74, 6) is -2.27. The molecule has 8 heteroatoms. The van der Waals surface area contributed by atoms with Crippen LogP contribution in [0.5, 0.6) is 0 Å². The lowest BCUT2D eigenvalue weighted by Crippen LogP contribution is -2.43. The first-order valence-corrected chi connectivity index (χ1v) is 9.78. The fourth-order valence-electron chi connectivity index (χ4n) is 2.72. The first-order valence-electron chi connectivity index (χ1n) is 8.06. The molecule has 0 aromatic heterocycles. The molecule has 0 aliphatic carbocycles. The number of ether oxygens (including phenoxy) is 1. The number of benzene rings is 2. The number of esters is 1. The van der Waals surface area contributed by atoms with E-state index in [4.69, 9.17) is 4.74 Å². The molecule has 1 heterocycles. The zero-order valence-electron chi connectivity index (χ0n) is 14.1. The van der Waals surface area contributed by atoms with Crippen molar-refractivity contribution in [1.82, 2.24) is 0 Å². The SMILES string of the molecule is O=C(OCC(=O)N(c1ccccc1)[C@@H]1C=CS(=O)(=O)C1)c1cccc(F)c1. The minimum absolute atomic E-state index is 0.0163. The van der Waals surface area contributed by atoms with Crippen LogP contribution < -0.4 is 4.90 Å². The van der Waals surface area contributed by atoms with Gasteiger partial charge >= 0.3 is 5.97 Å². The van der Waals surface area contributed by atoms with E-state index < -0.39 is 40.2 Å². The molecule has 1 aliphatic rings. The van der Waals surface area contributed by atoms with Gasteiger partial charge in [0.1, 0.15) is 5.82 Å². The molecule has 140 valence electrons. The van der Waals surface area contributed by atoms with E-state index >= 15 is 0 Å². The van der Waals surface area contributed by atoms with Crippen molar-refractivity contribution in [3.63, 3.8) is 0 Å². The lowest BCUT2D eigenvalue weighted by Gasteiger charge is -2.27. The van der Waals surface area contributed by atoms with Gasteiger partial charge in [-0.15, -0.1) is 0 Å². The van der Waals surface area contributed by atoms with Gasteiger partial charge in [-0.2, -0.15) is 0 Å². The first-order chi connectivity index (χ1) is 12.9. The van der Waals surface area contributed by atoms with Crippen molar-refractivity contribution < 1.29 is 27.1 Å². The Kier molecular flexibility index (Phi) is 5.36. The molecule has 0 spiro atoms. The van der Waals surface area contributed by atoms with Crippen LogP contribution in [-0.4, -0.2) is 38.7 Å². The number of hydrogen-bond acceptors (Lipinski definition) is 5. The third-order valence-corrected chi connectivity index (χ3v) is 5.31. The fraction of sp³-hybridized carbons (Fsp3) is 0.158. The molecule has 2 aromatic carbocycles. The van der Waals surface area contributed by atoms with Gasteiger partial charge in [-0.3, -0.25) is 4.79 Å². The summed E-state index contributed by atoms with van der Waals surface area (Å²) in [6, 6.07) is 12.7. The third kappa shape index (κ3) is 4.59. The Balaban J connectivity index is 1.76. The van der Waals surface area contributed by atoms with Gasteiger partial charge in [0.2, 0.25) is 0 Å². The molecule has 0 saturated heterocycles. The Labute approximate surface area is 155 Å². The molecular weight excluding hydrogens is 373 g/mol. The summed E-state index contributed by atoms with van der Waals surface area (Å²) in [6.45, 7) is -0.603. The molecule has 0 unspecified atom stereocenters. The van der Waals surface area contributed by atoms with Crippen LogP contribution in [-0.2, 0) is 19.4 Å². The maximum absolute atomic E-state index is 13.2. The summed E-state index contributed by atoms with van der Waals surface area (Å²) in [5, 5.41) is 1.07. The predicted molar refractivity (Wildman–Crippen MR) is 97.3 cm³/mol. The molecule has 0 N–H and O–H groups in total. The molecular formula is C19H16FNO5S. The van der Waals surface area contributed by atoms with Crippen LogP contribution in [0.2, 0.25) is 0 Å². The Morgan fingerprint density at radius 1 is 1.11 bits per heavy atom. The summed E-state index contributed by atoms with van der Waals surface area (Å²) in [7, 11) is -3.38. The van der Waals surface area contributed by atoms with E-state index in [9.17, 15) is 22.4 Å². The Bertz CT molecular complexity index is 988. The summed E-state index contributed by atoms with van der Waals surface area (Å²) < 4.78 is 41.7. The van der Waals surface area contributed by atoms with Crippen LogP contribution in [0, 0.1) is 5.82 Å². The second-order valence-corrected chi connectivity index (χ2v) is 7.84. The van der Waals surface area contributed by atoms with Crippen molar-refractivity contribution in [2.45, 2.75) is 6.04 Å². The van der Waals surface area contributed by atoms with Crippen molar-refractivity contribution in [3.05, 3.63) is 77.5 Å². The van der Waals surface area contributed by atoms with Crippen LogP contribution in [0.25, 0.3) is 0 Å². The smallest absolute Gasteiger partial charge is 0.338 e. The fourth-order valence-corrected chi connectivity index (χ4v) is 3.99. The van der Waals surface area contributed by atoms with Crippen molar-refractivity contribution in [1.29, 1.82) is 0 Å². The molecule has 2 aromatic rings. The molecule has 1 amide bonds. The normalized spacial score (nSPS) is 17.4. The van der Waals surface area contributed by atoms with Gasteiger partial charge < -0.3 is 9.64 Å². The molecule has 0 bridgehead atoms. The number of anilines is 1. The number of amides is 1. The second kappa shape index (κ2) is 7.71. The molecule has 1 aliphatic heterocycles. The average Bonchev–Trinajstić information content (AvgIpc) is 3.00. The quantitative estimate of drug-likeness (QED) is 0.733. The van der Waals surface area contributed by atoms with Crippen molar-refractivity contribution >= 4 is 27.4 Å². The minimum Gasteiger partial charge on any atom is -0.452 e. The van der Waals surface area contributed by atoms with E-state index in [-0.39, 0.29) is 11.3 Å². The number of halogens is 1. The molecule has 0 radical (unpaired) electrons. The van der Waals surface area contributed by atoms with E-state index in [2.05, 4.69) is 0 Å². The van der Waals surface area contributed by atoms with Gasteiger partial charge in [-0.05, 0) is 36.4 Å². The number of nitrogens with zero attached hydrogens (tertiary/aromatic N) is 1. The first kappa shape index (κ1) is 18.8. The molecule has 0 fully saturated rings. The van der Waals surface area contributed by atoms with Gasteiger partial charge in [-0.25, -0.2) is 17.6 Å². The number of para-hydroxylation sites is 1. The summed E-state index contributed by atoms with van der Waals surface area (Å²) in [6.07, 6.45) is 1.43. The number of rotatable bonds is 5. The standard InChI is InChI=1S/C19H16FNO5S/c20-15-6-4-5-14(11-15)19(23)26-12-18(22)21(16-7-2-1-3-8-16)17-9-10-27(24,25)13-17/h1-11,17H,12-13H2/t17-/m1/s1. The van der Waals surface area contributed by atoms with E-state index in [1.54, 1.807) is 30.3 Å². The zero-order chi connectivity index (χ0) is 19.4. The maximum atomic E-state index is 13.2. The predicted octanol–water partition coefficient (Wildman–Crippen LogP) is 2.33. The second-order valence-electron chi connectivity index (χ2n) is 5.91. The largest absolute Gasteiger partial charge is 0.452 e. The van der Waals surface area contributed by atoms with Gasteiger partial charge in [0.15, 0.2) is 16.4 Å². The lowest BCUT2D eigenvalue weighted by atomic mass is 10.2. The van der Waals surface area contributed by atoms with Crippen LogP contribution in [0.15, 0.2) is 66.1 Å². The van der Waals surface area contributed by atoms with Crippen LogP contribution in [0.4, 0.5) is 10.1 Å². The monoisotopic (exact) mass is 389 g/mol. The van der Waals surface area contributed by atoms with E-state index in [1.165, 1.54) is 29.2 Å². The average molecular weight is 389 g/mol. The van der Waals surface area contributed by atoms with Crippen LogP contribution >= 0.6 is 0 Å². The van der Waals surface area contributed by atoms with Gasteiger partial charge in [0.25, 0.3) is 5.91 Å². The highest BCUT2D eigenvalue weighted by atomic mass is 32.2. The third-order valence-electron chi connectivity index (χ3n) is 3.93. The van der Waals surface area contributed by atoms with Crippen LogP contribution in [0.1, 0.15) is 10.4 Å². The highest BCUT2D eigenvalue weighted by Gasteiger charge is 2.31. The maximum Gasteiger partial charge on any atom is 0.338 e. The summed E-state index contributed by atoms with van der Waals surface area (Å²) in [5.41, 5.74) is 0.466. The molecule has 1 atom stereocenters. The number of hydrogen-bond donors (Lipinski definition) is 0. The van der Waals surface area contributed by atoms with E-state index in [1.807, 2.05) is 0 Å². The van der Waals surface area contributed by atoms with E-state index in [0.29, 0.717) is 5.69 Å². The molecule has 3 rings (SSSR count). The summed E-state index contributed by atoms with van der Waals surface area (Å²) in [4.78, 5) is 26.0. The highest BCUT2D eigenvalue weighted by Crippen LogP contribution is 2.23.